The van der Waals surface area contributed by atoms with Gasteiger partial charge >= 0.3 is 0 Å². The molecule has 0 saturated carbocycles. The van der Waals surface area contributed by atoms with Crippen LogP contribution in [-0.4, -0.2) is 29.6 Å². The minimum atomic E-state index is -0.305. The van der Waals surface area contributed by atoms with E-state index in [-0.39, 0.29) is 24.3 Å². The van der Waals surface area contributed by atoms with Crippen LogP contribution in [0.1, 0.15) is 25.0 Å². The van der Waals surface area contributed by atoms with Crippen molar-refractivity contribution < 1.29 is 9.90 Å². The molecular weight excluding hydrogens is 226 g/mol. The normalized spacial score (nSPS) is 12.6. The smallest absolute Gasteiger partial charge is 0.228 e. The van der Waals surface area contributed by atoms with E-state index in [0.29, 0.717) is 6.54 Å². The molecule has 1 rings (SSSR count). The van der Waals surface area contributed by atoms with Gasteiger partial charge in [-0.1, -0.05) is 43.7 Å². The number of hydrogen-bond donors (Lipinski definition) is 1. The lowest BCUT2D eigenvalue weighted by atomic mass is 9.95. The minimum Gasteiger partial charge on any atom is -0.396 e. The van der Waals surface area contributed by atoms with Crippen LogP contribution in [0.2, 0.25) is 0 Å². The third-order valence-electron chi connectivity index (χ3n) is 3.24. The van der Waals surface area contributed by atoms with Crippen LogP contribution in [0, 0.1) is 18.8 Å². The summed E-state index contributed by atoms with van der Waals surface area (Å²) in [5.41, 5.74) is 2.32. The molecule has 3 heteroatoms. The number of amides is 1. The van der Waals surface area contributed by atoms with Crippen LogP contribution >= 0.6 is 0 Å². The van der Waals surface area contributed by atoms with E-state index in [0.717, 1.165) is 5.56 Å². The number of aliphatic hydroxyl groups excluding tert-OH is 1. The quantitative estimate of drug-likeness (QED) is 0.869. The number of nitrogens with zero attached hydrogens (tertiary/aromatic N) is 1. The summed E-state index contributed by atoms with van der Waals surface area (Å²) in [4.78, 5) is 13.8. The Bertz CT molecular complexity index is 384. The molecule has 0 saturated heterocycles. The second-order valence-corrected chi connectivity index (χ2v) is 5.21. The minimum absolute atomic E-state index is 0.00748. The highest BCUT2D eigenvalue weighted by Crippen LogP contribution is 2.15. The molecule has 0 aliphatic heterocycles. The fourth-order valence-electron chi connectivity index (χ4n) is 1.90. The van der Waals surface area contributed by atoms with Crippen LogP contribution < -0.4 is 0 Å². The maximum absolute atomic E-state index is 12.2. The van der Waals surface area contributed by atoms with Gasteiger partial charge in [0.15, 0.2) is 0 Å². The molecule has 1 atom stereocenters. The van der Waals surface area contributed by atoms with Gasteiger partial charge in [0.1, 0.15) is 0 Å². The molecule has 1 aromatic carbocycles. The Morgan fingerprint density at radius 1 is 1.28 bits per heavy atom. The topological polar surface area (TPSA) is 40.5 Å². The van der Waals surface area contributed by atoms with Gasteiger partial charge in [-0.2, -0.15) is 0 Å². The summed E-state index contributed by atoms with van der Waals surface area (Å²) in [5.74, 6) is -0.142. The summed E-state index contributed by atoms with van der Waals surface area (Å²) in [5, 5.41) is 9.27. The van der Waals surface area contributed by atoms with E-state index in [1.54, 1.807) is 11.9 Å². The van der Waals surface area contributed by atoms with Crippen molar-refractivity contribution >= 4 is 5.91 Å². The van der Waals surface area contributed by atoms with E-state index in [1.807, 2.05) is 45.0 Å². The highest BCUT2D eigenvalue weighted by atomic mass is 16.3. The van der Waals surface area contributed by atoms with Crippen LogP contribution in [0.15, 0.2) is 24.3 Å². The van der Waals surface area contributed by atoms with Crippen molar-refractivity contribution in [3.8, 4) is 0 Å². The highest BCUT2D eigenvalue weighted by Gasteiger charge is 2.24. The van der Waals surface area contributed by atoms with Crippen molar-refractivity contribution in [1.29, 1.82) is 0 Å². The average Bonchev–Trinajstić information content (AvgIpc) is 2.32. The lowest BCUT2D eigenvalue weighted by Gasteiger charge is -2.25. The summed E-state index contributed by atoms with van der Waals surface area (Å²) < 4.78 is 0. The van der Waals surface area contributed by atoms with E-state index in [1.165, 1.54) is 5.56 Å². The largest absolute Gasteiger partial charge is 0.396 e. The Labute approximate surface area is 109 Å². The molecule has 0 fully saturated rings. The van der Waals surface area contributed by atoms with Crippen molar-refractivity contribution in [3.05, 3.63) is 35.4 Å². The van der Waals surface area contributed by atoms with Gasteiger partial charge in [-0.15, -0.1) is 0 Å². The van der Waals surface area contributed by atoms with Crippen molar-refractivity contribution in [3.63, 3.8) is 0 Å². The van der Waals surface area contributed by atoms with Gasteiger partial charge < -0.3 is 10.0 Å². The zero-order chi connectivity index (χ0) is 13.7. The molecule has 1 aromatic rings. The van der Waals surface area contributed by atoms with Gasteiger partial charge in [0.2, 0.25) is 5.91 Å². The molecule has 0 spiro atoms. The fraction of sp³-hybridized carbons (Fsp3) is 0.533. The first-order valence-corrected chi connectivity index (χ1v) is 6.37. The number of carbonyl (C=O) groups is 1. The summed E-state index contributed by atoms with van der Waals surface area (Å²) in [6.07, 6.45) is 0. The zero-order valence-electron chi connectivity index (χ0n) is 11.7. The Balaban J connectivity index is 2.67. The summed E-state index contributed by atoms with van der Waals surface area (Å²) in [6, 6.07) is 8.14. The van der Waals surface area contributed by atoms with E-state index < -0.39 is 0 Å². The van der Waals surface area contributed by atoms with Crippen molar-refractivity contribution in [2.75, 3.05) is 13.7 Å². The zero-order valence-corrected chi connectivity index (χ0v) is 11.7. The third-order valence-corrected chi connectivity index (χ3v) is 3.24. The van der Waals surface area contributed by atoms with Crippen molar-refractivity contribution in [1.82, 2.24) is 4.90 Å². The molecule has 0 aromatic heterocycles. The molecule has 0 aliphatic carbocycles. The van der Waals surface area contributed by atoms with E-state index in [2.05, 4.69) is 0 Å². The van der Waals surface area contributed by atoms with E-state index in [9.17, 15) is 9.90 Å². The number of carbonyl (C=O) groups excluding carboxylic acids is 1. The molecule has 100 valence electrons. The van der Waals surface area contributed by atoms with Crippen LogP contribution in [0.25, 0.3) is 0 Å². The van der Waals surface area contributed by atoms with Crippen molar-refractivity contribution in [2.45, 2.75) is 27.3 Å². The number of aryl methyl sites for hydroxylation is 1. The second-order valence-electron chi connectivity index (χ2n) is 5.21. The molecule has 0 bridgehead atoms. The lowest BCUT2D eigenvalue weighted by Crippen LogP contribution is -2.36. The molecule has 18 heavy (non-hydrogen) atoms. The second kappa shape index (κ2) is 6.55. The highest BCUT2D eigenvalue weighted by molar-refractivity contribution is 5.78. The molecule has 0 heterocycles. The molecule has 1 amide bonds. The first-order valence-electron chi connectivity index (χ1n) is 6.37. The molecule has 1 unspecified atom stereocenters. The predicted molar refractivity (Wildman–Crippen MR) is 73.1 cm³/mol. The first-order chi connectivity index (χ1) is 8.45. The summed E-state index contributed by atoms with van der Waals surface area (Å²) in [6.45, 7) is 6.45. The van der Waals surface area contributed by atoms with Gasteiger partial charge in [0.05, 0.1) is 12.5 Å². The van der Waals surface area contributed by atoms with E-state index >= 15 is 0 Å². The van der Waals surface area contributed by atoms with Crippen LogP contribution in [0.5, 0.6) is 0 Å². The third kappa shape index (κ3) is 3.84. The SMILES string of the molecule is Cc1ccc(CN(C)C(=O)C(CO)C(C)C)cc1. The molecule has 1 N–H and O–H groups in total. The van der Waals surface area contributed by atoms with Gasteiger partial charge in [0, 0.05) is 13.6 Å². The maximum Gasteiger partial charge on any atom is 0.228 e. The van der Waals surface area contributed by atoms with Gasteiger partial charge in [-0.25, -0.2) is 0 Å². The van der Waals surface area contributed by atoms with Gasteiger partial charge in [-0.05, 0) is 18.4 Å². The number of aliphatic hydroxyl groups is 1. The van der Waals surface area contributed by atoms with Crippen LogP contribution in [0.4, 0.5) is 0 Å². The standard InChI is InChI=1S/C15H23NO2/c1-11(2)14(10-17)15(18)16(4)9-13-7-5-12(3)6-8-13/h5-8,11,14,17H,9-10H2,1-4H3. The van der Waals surface area contributed by atoms with Crippen molar-refractivity contribution in [2.24, 2.45) is 11.8 Å². The van der Waals surface area contributed by atoms with Gasteiger partial charge in [0.25, 0.3) is 0 Å². The first kappa shape index (κ1) is 14.7. The maximum atomic E-state index is 12.2. The van der Waals surface area contributed by atoms with Gasteiger partial charge in [-0.3, -0.25) is 4.79 Å². The Morgan fingerprint density at radius 3 is 2.28 bits per heavy atom. The molecule has 0 radical (unpaired) electrons. The lowest BCUT2D eigenvalue weighted by molar-refractivity contribution is -0.137. The Hall–Kier alpha value is -1.35. The molecular formula is C15H23NO2. The Morgan fingerprint density at radius 2 is 1.83 bits per heavy atom. The predicted octanol–water partition coefficient (Wildman–Crippen LogP) is 2.22. The Kier molecular flexibility index (Phi) is 5.35. The van der Waals surface area contributed by atoms with Crippen LogP contribution in [0.3, 0.4) is 0 Å². The number of benzene rings is 1. The summed E-state index contributed by atoms with van der Waals surface area (Å²) >= 11 is 0. The fourth-order valence-corrected chi connectivity index (χ4v) is 1.90. The number of rotatable bonds is 5. The average molecular weight is 249 g/mol. The van der Waals surface area contributed by atoms with E-state index in [4.69, 9.17) is 0 Å². The van der Waals surface area contributed by atoms with Crippen LogP contribution in [-0.2, 0) is 11.3 Å². The summed E-state index contributed by atoms with van der Waals surface area (Å²) in [7, 11) is 1.78. The molecule has 0 aliphatic rings. The number of hydrogen-bond acceptors (Lipinski definition) is 2. The molecule has 3 nitrogen and oxygen atoms in total. The monoisotopic (exact) mass is 249 g/mol.